The number of hydrogen-bond acceptors (Lipinski definition) is 4. The van der Waals surface area contributed by atoms with Gasteiger partial charge in [0, 0.05) is 24.8 Å². The lowest BCUT2D eigenvalue weighted by Gasteiger charge is -2.15. The first-order chi connectivity index (χ1) is 9.76. The lowest BCUT2D eigenvalue weighted by atomic mass is 10.2. The van der Waals surface area contributed by atoms with Gasteiger partial charge in [-0.05, 0) is 13.0 Å². The number of aromatic nitrogens is 1. The molecule has 0 aliphatic heterocycles. The average molecular weight is 309 g/mol. The molecule has 1 aromatic rings. The van der Waals surface area contributed by atoms with E-state index in [9.17, 15) is 22.4 Å². The first kappa shape index (κ1) is 17.2. The van der Waals surface area contributed by atoms with Crippen molar-refractivity contribution in [2.24, 2.45) is 5.73 Å². The number of hydrogen-bond donors (Lipinski definition) is 2. The molecule has 1 rings (SSSR count). The minimum Gasteiger partial charge on any atom is -0.471 e. The van der Waals surface area contributed by atoms with Gasteiger partial charge in [0.15, 0.2) is 6.61 Å². The number of carbonyl (C=O) groups is 1. The summed E-state index contributed by atoms with van der Waals surface area (Å²) in [6.07, 6.45) is -2.73. The molecule has 0 aliphatic rings. The van der Waals surface area contributed by atoms with Gasteiger partial charge in [0.25, 0.3) is 5.91 Å². The van der Waals surface area contributed by atoms with E-state index in [0.717, 1.165) is 12.3 Å². The number of halogens is 4. The van der Waals surface area contributed by atoms with Gasteiger partial charge in [-0.1, -0.05) is 0 Å². The Morgan fingerprint density at radius 2 is 2.14 bits per heavy atom. The van der Waals surface area contributed by atoms with Gasteiger partial charge in [-0.2, -0.15) is 8.78 Å². The summed E-state index contributed by atoms with van der Waals surface area (Å²) in [5, 5.41) is 2.57. The van der Waals surface area contributed by atoms with Crippen LogP contribution in [0.15, 0.2) is 18.3 Å². The highest BCUT2D eigenvalue weighted by Crippen LogP contribution is 2.23. The van der Waals surface area contributed by atoms with Crippen LogP contribution in [-0.4, -0.2) is 42.4 Å². The summed E-state index contributed by atoms with van der Waals surface area (Å²) in [5.41, 5.74) is 5.51. The Morgan fingerprint density at radius 1 is 1.48 bits per heavy atom. The predicted octanol–water partition coefficient (Wildman–Crippen LogP) is 1.44. The highest BCUT2D eigenvalue weighted by Gasteiger charge is 2.41. The number of nitrogens with one attached hydrogen (secondary N) is 1. The zero-order valence-corrected chi connectivity index (χ0v) is 11.2. The van der Waals surface area contributed by atoms with Gasteiger partial charge in [0.1, 0.15) is 0 Å². The molecule has 0 spiro atoms. The van der Waals surface area contributed by atoms with E-state index in [1.54, 1.807) is 6.92 Å². The van der Waals surface area contributed by atoms with Crippen molar-refractivity contribution < 1.29 is 27.1 Å². The number of pyridine rings is 1. The molecular weight excluding hydrogens is 294 g/mol. The van der Waals surface area contributed by atoms with Gasteiger partial charge in [0.05, 0.1) is 5.56 Å². The smallest absolute Gasteiger partial charge is 0.340 e. The van der Waals surface area contributed by atoms with Gasteiger partial charge >= 0.3 is 12.3 Å². The number of ether oxygens (including phenoxy) is 1. The van der Waals surface area contributed by atoms with E-state index in [2.05, 4.69) is 15.0 Å². The third-order valence-corrected chi connectivity index (χ3v) is 2.46. The summed E-state index contributed by atoms with van der Waals surface area (Å²) in [6.45, 7) is 0.464. The molecule has 0 aromatic carbocycles. The van der Waals surface area contributed by atoms with Crippen LogP contribution in [0, 0.1) is 0 Å². The number of alkyl halides is 4. The van der Waals surface area contributed by atoms with Crippen LogP contribution in [0.5, 0.6) is 5.88 Å². The Kier molecular flexibility index (Phi) is 5.89. The summed E-state index contributed by atoms with van der Waals surface area (Å²) in [6, 6.07) is 2.18. The molecule has 1 atom stereocenters. The molecule has 0 saturated heterocycles. The van der Waals surface area contributed by atoms with E-state index >= 15 is 0 Å². The van der Waals surface area contributed by atoms with E-state index in [1.807, 2.05) is 0 Å². The fourth-order valence-electron chi connectivity index (χ4n) is 1.20. The summed E-state index contributed by atoms with van der Waals surface area (Å²) in [4.78, 5) is 15.3. The largest absolute Gasteiger partial charge is 0.471 e. The van der Waals surface area contributed by atoms with Crippen molar-refractivity contribution in [2.45, 2.75) is 25.3 Å². The molecule has 1 heterocycles. The monoisotopic (exact) mass is 309 g/mol. The molecule has 0 fully saturated rings. The summed E-state index contributed by atoms with van der Waals surface area (Å²) in [5.74, 6) is -4.97. The third-order valence-electron chi connectivity index (χ3n) is 2.46. The molecule has 3 N–H and O–H groups in total. The van der Waals surface area contributed by atoms with Gasteiger partial charge in [-0.3, -0.25) is 4.79 Å². The van der Waals surface area contributed by atoms with Crippen molar-refractivity contribution in [3.63, 3.8) is 0 Å². The van der Waals surface area contributed by atoms with Gasteiger partial charge in [-0.25, -0.2) is 13.8 Å². The van der Waals surface area contributed by atoms with Crippen molar-refractivity contribution in [3.8, 4) is 5.88 Å². The highest BCUT2D eigenvalue weighted by molar-refractivity contribution is 5.94. The first-order valence-corrected chi connectivity index (χ1v) is 6.02. The summed E-state index contributed by atoms with van der Waals surface area (Å²) in [7, 11) is 0. The average Bonchev–Trinajstić information content (AvgIpc) is 2.45. The Hall–Kier alpha value is -1.90. The maximum absolute atomic E-state index is 12.6. The van der Waals surface area contributed by atoms with Crippen LogP contribution in [0.3, 0.4) is 0 Å². The van der Waals surface area contributed by atoms with Gasteiger partial charge < -0.3 is 15.8 Å². The van der Waals surface area contributed by atoms with Crippen molar-refractivity contribution in [3.05, 3.63) is 23.9 Å². The van der Waals surface area contributed by atoms with E-state index in [-0.39, 0.29) is 24.0 Å². The molecule has 0 aliphatic carbocycles. The Bertz CT molecular complexity index is 468. The van der Waals surface area contributed by atoms with Crippen LogP contribution in [0.1, 0.15) is 17.3 Å². The third kappa shape index (κ3) is 5.18. The SMILES string of the molecule is C[C@@H](CN)NC(=O)c1ccc(OCC(F)(F)C(F)F)nc1. The number of nitrogens with zero attached hydrogens (tertiary/aromatic N) is 1. The molecule has 1 aromatic heterocycles. The fraction of sp³-hybridized carbons (Fsp3) is 0.500. The van der Waals surface area contributed by atoms with E-state index in [0.29, 0.717) is 0 Å². The number of rotatable bonds is 7. The zero-order chi connectivity index (χ0) is 16.0. The molecule has 9 heteroatoms. The standard InChI is InChI=1S/C12H15F4N3O2/c1-7(4-17)19-10(20)8-2-3-9(18-5-8)21-6-12(15,16)11(13)14/h2-3,5,7,11H,4,6,17H2,1H3,(H,19,20)/t7-/m0/s1. The number of amides is 1. The van der Waals surface area contributed by atoms with Crippen molar-refractivity contribution in [1.82, 2.24) is 10.3 Å². The molecule has 0 unspecified atom stereocenters. The zero-order valence-electron chi connectivity index (χ0n) is 11.2. The molecule has 5 nitrogen and oxygen atoms in total. The van der Waals surface area contributed by atoms with Crippen LogP contribution >= 0.6 is 0 Å². The molecule has 1 amide bonds. The quantitative estimate of drug-likeness (QED) is 0.747. The molecule has 0 bridgehead atoms. The summed E-state index contributed by atoms with van der Waals surface area (Å²) >= 11 is 0. The molecule has 118 valence electrons. The molecule has 0 saturated carbocycles. The lowest BCUT2D eigenvalue weighted by Crippen LogP contribution is -2.37. The minimum absolute atomic E-state index is 0.170. The fourth-order valence-corrected chi connectivity index (χ4v) is 1.20. The van der Waals surface area contributed by atoms with Crippen LogP contribution in [-0.2, 0) is 0 Å². The maximum Gasteiger partial charge on any atom is 0.340 e. The van der Waals surface area contributed by atoms with E-state index < -0.39 is 24.9 Å². The second-order valence-electron chi connectivity index (χ2n) is 4.35. The summed E-state index contributed by atoms with van der Waals surface area (Å²) < 4.78 is 53.6. The molecular formula is C12H15F4N3O2. The lowest BCUT2D eigenvalue weighted by molar-refractivity contribution is -0.148. The normalized spacial score (nSPS) is 13.1. The predicted molar refractivity (Wildman–Crippen MR) is 66.7 cm³/mol. The second-order valence-corrected chi connectivity index (χ2v) is 4.35. The first-order valence-electron chi connectivity index (χ1n) is 6.02. The van der Waals surface area contributed by atoms with Crippen molar-refractivity contribution in [1.29, 1.82) is 0 Å². The Morgan fingerprint density at radius 3 is 2.62 bits per heavy atom. The Balaban J connectivity index is 2.60. The maximum atomic E-state index is 12.6. The molecule has 0 radical (unpaired) electrons. The van der Waals surface area contributed by atoms with Gasteiger partial charge in [0.2, 0.25) is 5.88 Å². The Labute approximate surface area is 118 Å². The van der Waals surface area contributed by atoms with Crippen LogP contribution in [0.2, 0.25) is 0 Å². The van der Waals surface area contributed by atoms with Crippen LogP contribution in [0.4, 0.5) is 17.6 Å². The van der Waals surface area contributed by atoms with Crippen LogP contribution < -0.4 is 15.8 Å². The van der Waals surface area contributed by atoms with Crippen molar-refractivity contribution in [2.75, 3.05) is 13.2 Å². The highest BCUT2D eigenvalue weighted by atomic mass is 19.3. The second kappa shape index (κ2) is 7.21. The van der Waals surface area contributed by atoms with Crippen LogP contribution in [0.25, 0.3) is 0 Å². The topological polar surface area (TPSA) is 77.2 Å². The number of nitrogens with two attached hydrogens (primary N) is 1. The van der Waals surface area contributed by atoms with E-state index in [4.69, 9.17) is 5.73 Å². The number of carbonyl (C=O) groups excluding carboxylic acids is 1. The van der Waals surface area contributed by atoms with Gasteiger partial charge in [-0.15, -0.1) is 0 Å². The van der Waals surface area contributed by atoms with Crippen molar-refractivity contribution >= 4 is 5.91 Å². The minimum atomic E-state index is -4.26. The van der Waals surface area contributed by atoms with E-state index in [1.165, 1.54) is 6.07 Å². The molecule has 21 heavy (non-hydrogen) atoms.